The molecule has 1 aliphatic rings. The van der Waals surface area contributed by atoms with Crippen LogP contribution in [0.5, 0.6) is 5.75 Å². The first kappa shape index (κ1) is 17.4. The molecule has 0 spiro atoms. The number of esters is 1. The molecule has 0 saturated heterocycles. The zero-order valence-corrected chi connectivity index (χ0v) is 14.2. The highest BCUT2D eigenvalue weighted by atomic mass is 35.5. The molecule has 0 bridgehead atoms. The molecule has 0 amide bonds. The Bertz CT molecular complexity index is 801. The number of carbonyl (C=O) groups is 1. The van der Waals surface area contributed by atoms with E-state index in [-0.39, 0.29) is 44.1 Å². The molecule has 8 heteroatoms. The van der Waals surface area contributed by atoms with Gasteiger partial charge in [-0.15, -0.1) is 0 Å². The summed E-state index contributed by atoms with van der Waals surface area (Å²) >= 11 is 17.7. The van der Waals surface area contributed by atoms with Crippen LogP contribution in [0.25, 0.3) is 0 Å². The van der Waals surface area contributed by atoms with E-state index < -0.39 is 18.5 Å². The van der Waals surface area contributed by atoms with Crippen LogP contribution >= 0.6 is 34.8 Å². The molecular formula is C16H9Cl3F2O3. The van der Waals surface area contributed by atoms with Crippen molar-refractivity contribution < 1.29 is 23.0 Å². The summed E-state index contributed by atoms with van der Waals surface area (Å²) < 4.78 is 37.5. The fourth-order valence-corrected chi connectivity index (χ4v) is 3.24. The van der Waals surface area contributed by atoms with E-state index >= 15 is 0 Å². The number of ether oxygens (including phenoxy) is 2. The van der Waals surface area contributed by atoms with Gasteiger partial charge < -0.3 is 9.47 Å². The molecule has 0 radical (unpaired) electrons. The van der Waals surface area contributed by atoms with Gasteiger partial charge in [0.1, 0.15) is 6.61 Å². The predicted molar refractivity (Wildman–Crippen MR) is 86.4 cm³/mol. The van der Waals surface area contributed by atoms with Crippen LogP contribution in [0.3, 0.4) is 0 Å². The molecule has 0 aliphatic carbocycles. The average Bonchev–Trinajstić information content (AvgIpc) is 2.50. The van der Waals surface area contributed by atoms with Gasteiger partial charge in [0, 0.05) is 10.6 Å². The molecule has 126 valence electrons. The molecule has 0 saturated carbocycles. The fourth-order valence-electron chi connectivity index (χ4n) is 2.34. The third kappa shape index (κ3) is 3.35. The van der Waals surface area contributed by atoms with Crippen LogP contribution < -0.4 is 4.74 Å². The second-order valence-electron chi connectivity index (χ2n) is 5.16. The number of fused-ring (bicyclic) bond motifs is 1. The summed E-state index contributed by atoms with van der Waals surface area (Å²) in [5.74, 6) is -3.91. The van der Waals surface area contributed by atoms with E-state index in [2.05, 4.69) is 0 Å². The predicted octanol–water partition coefficient (Wildman–Crippen LogP) is 5.49. The molecule has 0 atom stereocenters. The Morgan fingerprint density at radius 1 is 1.12 bits per heavy atom. The first-order valence-corrected chi connectivity index (χ1v) is 7.87. The number of carbonyl (C=O) groups excluding carboxylic acids is 1. The van der Waals surface area contributed by atoms with Gasteiger partial charge in [0.15, 0.2) is 5.75 Å². The van der Waals surface area contributed by atoms with Crippen LogP contribution in [-0.2, 0) is 17.3 Å². The highest BCUT2D eigenvalue weighted by Gasteiger charge is 2.37. The van der Waals surface area contributed by atoms with E-state index in [4.69, 9.17) is 44.3 Å². The molecule has 0 unspecified atom stereocenters. The maximum atomic E-state index is 13.7. The zero-order valence-electron chi connectivity index (χ0n) is 11.9. The van der Waals surface area contributed by atoms with Gasteiger partial charge in [-0.1, -0.05) is 40.9 Å². The Morgan fingerprint density at radius 3 is 2.46 bits per heavy atom. The minimum Gasteiger partial charge on any atom is -0.420 e. The van der Waals surface area contributed by atoms with Gasteiger partial charge >= 0.3 is 5.97 Å². The highest BCUT2D eigenvalue weighted by molar-refractivity contribution is 6.40. The van der Waals surface area contributed by atoms with E-state index in [1.54, 1.807) is 0 Å². The molecule has 3 nitrogen and oxygen atoms in total. The van der Waals surface area contributed by atoms with Crippen molar-refractivity contribution >= 4 is 40.8 Å². The van der Waals surface area contributed by atoms with E-state index in [0.717, 1.165) is 0 Å². The van der Waals surface area contributed by atoms with Crippen LogP contribution in [0, 0.1) is 0 Å². The fraction of sp³-hybridized carbons (Fsp3) is 0.188. The Hall–Kier alpha value is -1.40. The van der Waals surface area contributed by atoms with Gasteiger partial charge in [-0.25, -0.2) is 4.79 Å². The van der Waals surface area contributed by atoms with Crippen molar-refractivity contribution in [1.29, 1.82) is 0 Å². The molecule has 24 heavy (non-hydrogen) atoms. The molecule has 1 heterocycles. The largest absolute Gasteiger partial charge is 0.420 e. The van der Waals surface area contributed by atoms with E-state index in [1.165, 1.54) is 30.3 Å². The zero-order chi connectivity index (χ0) is 17.5. The average molecular weight is 394 g/mol. The second kappa shape index (κ2) is 6.48. The minimum absolute atomic E-state index is 0.00546. The Balaban J connectivity index is 1.89. The smallest absolute Gasteiger partial charge is 0.343 e. The Kier molecular flexibility index (Phi) is 4.71. The van der Waals surface area contributed by atoms with Crippen LogP contribution in [0.4, 0.5) is 8.78 Å². The van der Waals surface area contributed by atoms with Crippen molar-refractivity contribution in [2.45, 2.75) is 12.5 Å². The lowest BCUT2D eigenvalue weighted by atomic mass is 9.98. The summed E-state index contributed by atoms with van der Waals surface area (Å²) in [4.78, 5) is 12.2. The maximum Gasteiger partial charge on any atom is 0.343 e. The molecular weight excluding hydrogens is 385 g/mol. The van der Waals surface area contributed by atoms with Crippen LogP contribution in [0.15, 0.2) is 30.3 Å². The normalized spacial score (nSPS) is 15.7. The van der Waals surface area contributed by atoms with Gasteiger partial charge in [0.05, 0.1) is 22.2 Å². The Morgan fingerprint density at radius 2 is 1.79 bits per heavy atom. The van der Waals surface area contributed by atoms with Crippen molar-refractivity contribution in [2.24, 2.45) is 0 Å². The van der Waals surface area contributed by atoms with Gasteiger partial charge in [-0.05, 0) is 29.8 Å². The maximum absolute atomic E-state index is 13.7. The second-order valence-corrected chi connectivity index (χ2v) is 6.41. The van der Waals surface area contributed by atoms with Crippen LogP contribution in [0.2, 0.25) is 15.1 Å². The summed E-state index contributed by atoms with van der Waals surface area (Å²) in [6.45, 7) is -0.686. The van der Waals surface area contributed by atoms with E-state index in [9.17, 15) is 13.6 Å². The van der Waals surface area contributed by atoms with Crippen molar-refractivity contribution in [3.8, 4) is 5.75 Å². The summed E-state index contributed by atoms with van der Waals surface area (Å²) in [5, 5.41) is 0.417. The van der Waals surface area contributed by atoms with Crippen LogP contribution in [0.1, 0.15) is 21.5 Å². The quantitative estimate of drug-likeness (QED) is 0.500. The number of benzene rings is 2. The molecule has 2 aromatic rings. The summed E-state index contributed by atoms with van der Waals surface area (Å²) in [5.41, 5.74) is 0.152. The number of rotatable bonds is 2. The molecule has 0 N–H and O–H groups in total. The van der Waals surface area contributed by atoms with Gasteiger partial charge in [0.2, 0.25) is 0 Å². The summed E-state index contributed by atoms with van der Waals surface area (Å²) in [6, 6.07) is 6.51. The summed E-state index contributed by atoms with van der Waals surface area (Å²) in [6.07, 6.45) is 0. The van der Waals surface area contributed by atoms with Crippen molar-refractivity contribution in [2.75, 3.05) is 6.61 Å². The number of halogens is 5. The SMILES string of the molecule is O=C(Oc1c(Cl)cc(Cl)cc1Cl)c1ccc2c(c1)COCC2(F)F. The molecule has 2 aromatic carbocycles. The summed E-state index contributed by atoms with van der Waals surface area (Å²) in [7, 11) is 0. The van der Waals surface area contributed by atoms with Gasteiger partial charge in [-0.3, -0.25) is 0 Å². The van der Waals surface area contributed by atoms with Gasteiger partial charge in [0.25, 0.3) is 5.92 Å². The number of alkyl halides is 2. The lowest BCUT2D eigenvalue weighted by Crippen LogP contribution is -2.28. The van der Waals surface area contributed by atoms with Crippen LogP contribution in [-0.4, -0.2) is 12.6 Å². The Labute approximate surface area is 151 Å². The molecule has 0 aromatic heterocycles. The number of hydrogen-bond acceptors (Lipinski definition) is 3. The molecule has 1 aliphatic heterocycles. The van der Waals surface area contributed by atoms with E-state index in [1.807, 2.05) is 0 Å². The molecule has 3 rings (SSSR count). The molecule has 0 fully saturated rings. The van der Waals surface area contributed by atoms with Crippen molar-refractivity contribution in [3.05, 3.63) is 62.1 Å². The third-order valence-corrected chi connectivity index (χ3v) is 4.21. The van der Waals surface area contributed by atoms with Crippen molar-refractivity contribution in [3.63, 3.8) is 0 Å². The first-order chi connectivity index (χ1) is 11.3. The minimum atomic E-state index is -3.08. The van der Waals surface area contributed by atoms with E-state index in [0.29, 0.717) is 0 Å². The number of hydrogen-bond donors (Lipinski definition) is 0. The monoisotopic (exact) mass is 392 g/mol. The standard InChI is InChI=1S/C16H9Cl3F2O3/c17-10-4-12(18)14(13(19)5-10)24-15(22)8-1-2-11-9(3-8)6-23-7-16(11,20)21/h1-5H,6-7H2. The first-order valence-electron chi connectivity index (χ1n) is 6.73. The van der Waals surface area contributed by atoms with Crippen molar-refractivity contribution in [1.82, 2.24) is 0 Å². The third-order valence-electron chi connectivity index (χ3n) is 3.43. The van der Waals surface area contributed by atoms with Gasteiger partial charge in [-0.2, -0.15) is 8.78 Å². The lowest BCUT2D eigenvalue weighted by molar-refractivity contribution is -0.103. The highest BCUT2D eigenvalue weighted by Crippen LogP contribution is 2.38. The topological polar surface area (TPSA) is 35.5 Å². The lowest BCUT2D eigenvalue weighted by Gasteiger charge is -2.25.